The van der Waals surface area contributed by atoms with E-state index >= 15 is 0 Å². The summed E-state index contributed by atoms with van der Waals surface area (Å²) >= 11 is 6.10. The van der Waals surface area contributed by atoms with E-state index < -0.39 is 5.97 Å². The molecule has 5 nitrogen and oxygen atoms in total. The molecule has 3 rings (SSSR count). The van der Waals surface area contributed by atoms with Gasteiger partial charge >= 0.3 is 5.97 Å². The van der Waals surface area contributed by atoms with Gasteiger partial charge in [0.25, 0.3) is 0 Å². The average Bonchev–Trinajstić information content (AvgIpc) is 2.50. The van der Waals surface area contributed by atoms with Crippen molar-refractivity contribution < 1.29 is 14.6 Å². The fourth-order valence-corrected chi connectivity index (χ4v) is 3.93. The minimum Gasteiger partial charge on any atom is -0.482 e. The molecule has 132 valence electrons. The van der Waals surface area contributed by atoms with Gasteiger partial charge in [0.2, 0.25) is 0 Å². The molecular formula is C18H25ClN2O3. The Balaban J connectivity index is 1.57. The summed E-state index contributed by atoms with van der Waals surface area (Å²) in [5.41, 5.74) is 0.953. The number of nitrogens with zero attached hydrogens (tertiary/aromatic N) is 2. The smallest absolute Gasteiger partial charge is 0.341 e. The highest BCUT2D eigenvalue weighted by Crippen LogP contribution is 2.29. The fraction of sp³-hybridized carbons (Fsp3) is 0.611. The van der Waals surface area contributed by atoms with Gasteiger partial charge in [0, 0.05) is 42.3 Å². The number of aliphatic carboxylic acids is 1. The molecule has 24 heavy (non-hydrogen) atoms. The molecule has 0 saturated carbocycles. The van der Waals surface area contributed by atoms with Crippen LogP contribution >= 0.6 is 11.6 Å². The Kier molecular flexibility index (Phi) is 5.64. The summed E-state index contributed by atoms with van der Waals surface area (Å²) in [4.78, 5) is 15.7. The van der Waals surface area contributed by atoms with Gasteiger partial charge in [-0.15, -0.1) is 0 Å². The second kappa shape index (κ2) is 7.72. The minimum atomic E-state index is -0.973. The molecule has 1 N–H and O–H groups in total. The lowest BCUT2D eigenvalue weighted by Gasteiger charge is -2.49. The Morgan fingerprint density at radius 2 is 2.17 bits per heavy atom. The normalized spacial score (nSPS) is 23.0. The number of halogens is 1. The van der Waals surface area contributed by atoms with Crippen molar-refractivity contribution in [3.63, 3.8) is 0 Å². The van der Waals surface area contributed by atoms with Crippen LogP contribution in [-0.2, 0) is 11.3 Å². The molecule has 1 atom stereocenters. The van der Waals surface area contributed by atoms with Crippen molar-refractivity contribution >= 4 is 17.6 Å². The molecule has 2 aliphatic heterocycles. The molecule has 2 heterocycles. The first-order valence-corrected chi connectivity index (χ1v) is 9.02. The molecule has 0 aromatic heterocycles. The zero-order valence-electron chi connectivity index (χ0n) is 14.1. The number of carbonyl (C=O) groups is 1. The summed E-state index contributed by atoms with van der Waals surface area (Å²) in [6, 6.07) is 6.69. The molecule has 0 bridgehead atoms. The van der Waals surface area contributed by atoms with Crippen LogP contribution in [-0.4, -0.2) is 59.2 Å². The van der Waals surface area contributed by atoms with E-state index in [2.05, 4.69) is 16.7 Å². The van der Waals surface area contributed by atoms with E-state index in [0.29, 0.717) is 22.9 Å². The Labute approximate surface area is 148 Å². The van der Waals surface area contributed by atoms with Crippen LogP contribution in [0.5, 0.6) is 5.75 Å². The van der Waals surface area contributed by atoms with Crippen LogP contribution in [0.4, 0.5) is 0 Å². The van der Waals surface area contributed by atoms with Crippen molar-refractivity contribution in [3.8, 4) is 5.75 Å². The van der Waals surface area contributed by atoms with E-state index in [1.165, 1.54) is 25.8 Å². The standard InChI is InChI=1S/C18H25ClN2O3/c1-13-4-2-3-7-21(13)16-10-20(11-16)9-14-8-15(19)5-6-17(14)24-12-18(22)23/h5-6,8,13,16H,2-4,7,9-12H2,1H3,(H,22,23)/t13-/m0/s1. The van der Waals surface area contributed by atoms with Gasteiger partial charge in [-0.25, -0.2) is 4.79 Å². The van der Waals surface area contributed by atoms with Gasteiger partial charge in [-0.05, 0) is 44.5 Å². The maximum atomic E-state index is 10.7. The highest BCUT2D eigenvalue weighted by Gasteiger charge is 2.35. The summed E-state index contributed by atoms with van der Waals surface area (Å²) in [5.74, 6) is -0.365. The molecule has 2 fully saturated rings. The topological polar surface area (TPSA) is 53.0 Å². The van der Waals surface area contributed by atoms with Crippen molar-refractivity contribution in [2.75, 3.05) is 26.2 Å². The molecule has 2 saturated heterocycles. The van der Waals surface area contributed by atoms with Crippen LogP contribution in [0.25, 0.3) is 0 Å². The number of hydrogen-bond acceptors (Lipinski definition) is 4. The van der Waals surface area contributed by atoms with Gasteiger partial charge in [0.1, 0.15) is 5.75 Å². The molecule has 0 spiro atoms. The third-order valence-corrected chi connectivity index (χ3v) is 5.26. The maximum Gasteiger partial charge on any atom is 0.341 e. The lowest BCUT2D eigenvalue weighted by atomic mass is 9.97. The molecule has 2 aliphatic rings. The van der Waals surface area contributed by atoms with Crippen molar-refractivity contribution in [1.29, 1.82) is 0 Å². The first-order chi connectivity index (χ1) is 11.5. The second-order valence-corrected chi connectivity index (χ2v) is 7.30. The molecule has 1 aromatic rings. The van der Waals surface area contributed by atoms with Gasteiger partial charge in [0.15, 0.2) is 6.61 Å². The lowest BCUT2D eigenvalue weighted by Crippen LogP contribution is -2.61. The molecule has 1 aromatic carbocycles. The van der Waals surface area contributed by atoms with Crippen LogP contribution in [0.15, 0.2) is 18.2 Å². The van der Waals surface area contributed by atoms with Crippen molar-refractivity contribution in [1.82, 2.24) is 9.80 Å². The summed E-state index contributed by atoms with van der Waals surface area (Å²) < 4.78 is 5.39. The zero-order valence-corrected chi connectivity index (χ0v) is 14.8. The Morgan fingerprint density at radius 3 is 2.88 bits per heavy atom. The van der Waals surface area contributed by atoms with Crippen LogP contribution < -0.4 is 4.74 Å². The lowest BCUT2D eigenvalue weighted by molar-refractivity contribution is -0.139. The van der Waals surface area contributed by atoms with E-state index in [0.717, 1.165) is 25.2 Å². The Bertz CT molecular complexity index is 590. The number of benzene rings is 1. The quantitative estimate of drug-likeness (QED) is 0.853. The molecule has 6 heteroatoms. The Hall–Kier alpha value is -1.30. The Morgan fingerprint density at radius 1 is 1.38 bits per heavy atom. The highest BCUT2D eigenvalue weighted by molar-refractivity contribution is 6.30. The van der Waals surface area contributed by atoms with Gasteiger partial charge < -0.3 is 9.84 Å². The largest absolute Gasteiger partial charge is 0.482 e. The summed E-state index contributed by atoms with van der Waals surface area (Å²) in [6.07, 6.45) is 3.96. The van der Waals surface area contributed by atoms with Crippen molar-refractivity contribution in [2.24, 2.45) is 0 Å². The molecule has 0 aliphatic carbocycles. The summed E-state index contributed by atoms with van der Waals surface area (Å²) in [5, 5.41) is 9.44. The number of hydrogen-bond donors (Lipinski definition) is 1. The third kappa shape index (κ3) is 4.21. The SMILES string of the molecule is C[C@H]1CCCCN1C1CN(Cc2cc(Cl)ccc2OCC(=O)O)C1. The number of ether oxygens (including phenoxy) is 1. The van der Waals surface area contributed by atoms with Crippen molar-refractivity contribution in [3.05, 3.63) is 28.8 Å². The fourth-order valence-electron chi connectivity index (χ4n) is 3.74. The van der Waals surface area contributed by atoms with E-state index in [1.807, 2.05) is 6.07 Å². The van der Waals surface area contributed by atoms with E-state index in [1.54, 1.807) is 12.1 Å². The summed E-state index contributed by atoms with van der Waals surface area (Å²) in [6.45, 7) is 6.06. The van der Waals surface area contributed by atoms with Crippen LogP contribution in [0.1, 0.15) is 31.7 Å². The monoisotopic (exact) mass is 352 g/mol. The van der Waals surface area contributed by atoms with Gasteiger partial charge in [-0.2, -0.15) is 0 Å². The first-order valence-electron chi connectivity index (χ1n) is 8.64. The van der Waals surface area contributed by atoms with Gasteiger partial charge in [-0.3, -0.25) is 9.80 Å². The third-order valence-electron chi connectivity index (χ3n) is 5.03. The number of carboxylic acid groups (broad SMARTS) is 1. The van der Waals surface area contributed by atoms with E-state index in [-0.39, 0.29) is 6.61 Å². The highest BCUT2D eigenvalue weighted by atomic mass is 35.5. The number of likely N-dealkylation sites (tertiary alicyclic amines) is 2. The first kappa shape index (κ1) is 17.5. The van der Waals surface area contributed by atoms with Crippen LogP contribution in [0, 0.1) is 0 Å². The van der Waals surface area contributed by atoms with Crippen LogP contribution in [0.2, 0.25) is 5.02 Å². The number of rotatable bonds is 6. The zero-order chi connectivity index (χ0) is 17.1. The van der Waals surface area contributed by atoms with Crippen LogP contribution in [0.3, 0.4) is 0 Å². The maximum absolute atomic E-state index is 10.7. The summed E-state index contributed by atoms with van der Waals surface area (Å²) in [7, 11) is 0. The predicted octanol–water partition coefficient (Wildman–Crippen LogP) is 2.86. The van der Waals surface area contributed by atoms with Gasteiger partial charge in [-0.1, -0.05) is 18.0 Å². The predicted molar refractivity (Wildman–Crippen MR) is 93.7 cm³/mol. The number of carboxylic acids is 1. The second-order valence-electron chi connectivity index (χ2n) is 6.86. The molecule has 0 unspecified atom stereocenters. The minimum absolute atomic E-state index is 0.331. The number of piperidine rings is 1. The van der Waals surface area contributed by atoms with E-state index in [4.69, 9.17) is 21.4 Å². The molecule has 0 amide bonds. The average molecular weight is 353 g/mol. The molecular weight excluding hydrogens is 328 g/mol. The van der Waals surface area contributed by atoms with Crippen molar-refractivity contribution in [2.45, 2.75) is 44.8 Å². The van der Waals surface area contributed by atoms with Gasteiger partial charge in [0.05, 0.1) is 0 Å². The van der Waals surface area contributed by atoms with E-state index in [9.17, 15) is 4.79 Å². The molecule has 0 radical (unpaired) electrons.